The fourth-order valence-electron chi connectivity index (χ4n) is 3.42. The monoisotopic (exact) mass is 252 g/mol. The van der Waals surface area contributed by atoms with Gasteiger partial charge in [-0.3, -0.25) is 4.90 Å². The number of nitrogens with zero attached hydrogens (tertiary/aromatic N) is 1. The summed E-state index contributed by atoms with van der Waals surface area (Å²) < 4.78 is 0. The van der Waals surface area contributed by atoms with E-state index in [1.807, 2.05) is 0 Å². The van der Waals surface area contributed by atoms with Crippen molar-refractivity contribution in [2.45, 2.75) is 71.4 Å². The minimum atomic E-state index is 0.755. The van der Waals surface area contributed by atoms with Gasteiger partial charge in [0.15, 0.2) is 0 Å². The minimum Gasteiger partial charge on any atom is -0.313 e. The fraction of sp³-hybridized carbons (Fsp3) is 1.00. The Morgan fingerprint density at radius 1 is 1.22 bits per heavy atom. The van der Waals surface area contributed by atoms with Crippen LogP contribution in [0.15, 0.2) is 0 Å². The van der Waals surface area contributed by atoms with Crippen molar-refractivity contribution in [2.24, 2.45) is 11.8 Å². The predicted octanol–water partition coefficient (Wildman–Crippen LogP) is 3.28. The maximum Gasteiger partial charge on any atom is 0.0195 e. The highest BCUT2D eigenvalue weighted by atomic mass is 15.2. The van der Waals surface area contributed by atoms with Crippen LogP contribution in [-0.4, -0.2) is 36.6 Å². The highest BCUT2D eigenvalue weighted by Crippen LogP contribution is 2.37. The summed E-state index contributed by atoms with van der Waals surface area (Å²) in [6, 6.07) is 1.64. The number of hydrogen-bond donors (Lipinski definition) is 1. The average molecular weight is 252 g/mol. The third-order valence-corrected chi connectivity index (χ3v) is 4.66. The van der Waals surface area contributed by atoms with Crippen molar-refractivity contribution in [1.29, 1.82) is 0 Å². The zero-order valence-electron chi connectivity index (χ0n) is 12.6. The Balaban J connectivity index is 1.73. The van der Waals surface area contributed by atoms with Crippen LogP contribution >= 0.6 is 0 Å². The molecule has 1 N–H and O–H groups in total. The van der Waals surface area contributed by atoms with E-state index in [-0.39, 0.29) is 0 Å². The van der Waals surface area contributed by atoms with Crippen molar-refractivity contribution in [3.05, 3.63) is 0 Å². The van der Waals surface area contributed by atoms with Crippen molar-refractivity contribution in [1.82, 2.24) is 10.2 Å². The summed E-state index contributed by atoms with van der Waals surface area (Å²) in [7, 11) is 0. The van der Waals surface area contributed by atoms with Gasteiger partial charge in [-0.05, 0) is 63.5 Å². The van der Waals surface area contributed by atoms with Gasteiger partial charge in [0.25, 0.3) is 0 Å². The van der Waals surface area contributed by atoms with Crippen LogP contribution in [0.25, 0.3) is 0 Å². The van der Waals surface area contributed by atoms with Gasteiger partial charge in [0.2, 0.25) is 0 Å². The molecule has 0 aromatic heterocycles. The van der Waals surface area contributed by atoms with Gasteiger partial charge in [-0.2, -0.15) is 0 Å². The van der Waals surface area contributed by atoms with E-state index in [9.17, 15) is 0 Å². The van der Waals surface area contributed by atoms with Gasteiger partial charge >= 0.3 is 0 Å². The molecular formula is C16H32N2. The molecule has 2 nitrogen and oxygen atoms in total. The van der Waals surface area contributed by atoms with Gasteiger partial charge in [0, 0.05) is 18.6 Å². The van der Waals surface area contributed by atoms with Crippen LogP contribution in [-0.2, 0) is 0 Å². The Morgan fingerprint density at radius 3 is 2.61 bits per heavy atom. The second-order valence-electron chi connectivity index (χ2n) is 6.78. The lowest BCUT2D eigenvalue weighted by atomic mass is 9.99. The summed E-state index contributed by atoms with van der Waals surface area (Å²) in [4.78, 5) is 2.79. The van der Waals surface area contributed by atoms with Crippen molar-refractivity contribution < 1.29 is 0 Å². The number of nitrogens with one attached hydrogen (secondary N) is 1. The zero-order valence-corrected chi connectivity index (χ0v) is 12.6. The zero-order chi connectivity index (χ0) is 13.0. The average Bonchev–Trinajstić information content (AvgIpc) is 3.15. The topological polar surface area (TPSA) is 15.3 Å². The Labute approximate surface area is 114 Å². The molecule has 2 unspecified atom stereocenters. The second-order valence-corrected chi connectivity index (χ2v) is 6.78. The highest BCUT2D eigenvalue weighted by molar-refractivity contribution is 4.90. The summed E-state index contributed by atoms with van der Waals surface area (Å²) in [6.07, 6.45) is 8.42. The molecule has 1 aliphatic carbocycles. The molecule has 1 saturated heterocycles. The molecule has 0 amide bonds. The maximum absolute atomic E-state index is 3.78. The smallest absolute Gasteiger partial charge is 0.0195 e. The molecular weight excluding hydrogens is 220 g/mol. The van der Waals surface area contributed by atoms with Crippen LogP contribution in [0.1, 0.15) is 59.3 Å². The van der Waals surface area contributed by atoms with Crippen LogP contribution < -0.4 is 5.32 Å². The molecule has 2 fully saturated rings. The van der Waals surface area contributed by atoms with Crippen molar-refractivity contribution in [3.8, 4) is 0 Å². The first kappa shape index (κ1) is 14.3. The van der Waals surface area contributed by atoms with Crippen molar-refractivity contribution in [2.75, 3.05) is 19.6 Å². The molecule has 2 heteroatoms. The SMILES string of the molecule is CCC(C1CC1)N1CCCC(NCCC(C)C)C1. The van der Waals surface area contributed by atoms with Crippen molar-refractivity contribution in [3.63, 3.8) is 0 Å². The minimum absolute atomic E-state index is 0.755. The molecule has 1 aliphatic heterocycles. The summed E-state index contributed by atoms with van der Waals surface area (Å²) in [6.45, 7) is 10.9. The van der Waals surface area contributed by atoms with Gasteiger partial charge in [-0.15, -0.1) is 0 Å². The Kier molecular flexibility index (Phi) is 5.50. The molecule has 2 aliphatic rings. The van der Waals surface area contributed by atoms with Crippen LogP contribution in [0, 0.1) is 11.8 Å². The van der Waals surface area contributed by atoms with Crippen LogP contribution in [0.2, 0.25) is 0 Å². The Bertz CT molecular complexity index is 235. The van der Waals surface area contributed by atoms with E-state index in [0.717, 1.165) is 23.9 Å². The molecule has 0 aromatic rings. The standard InChI is InChI=1S/C16H32N2/c1-4-16(14-7-8-14)18-11-5-6-15(12-18)17-10-9-13(2)3/h13-17H,4-12H2,1-3H3. The molecule has 106 valence electrons. The lowest BCUT2D eigenvalue weighted by molar-refractivity contribution is 0.119. The van der Waals surface area contributed by atoms with E-state index in [4.69, 9.17) is 0 Å². The molecule has 0 bridgehead atoms. The lowest BCUT2D eigenvalue weighted by Crippen LogP contribution is -2.50. The highest BCUT2D eigenvalue weighted by Gasteiger charge is 2.35. The third kappa shape index (κ3) is 4.24. The number of rotatable bonds is 7. The van der Waals surface area contributed by atoms with E-state index < -0.39 is 0 Å². The maximum atomic E-state index is 3.78. The van der Waals surface area contributed by atoms with Gasteiger partial charge in [-0.1, -0.05) is 20.8 Å². The van der Waals surface area contributed by atoms with E-state index in [0.29, 0.717) is 0 Å². The number of likely N-dealkylation sites (tertiary alicyclic amines) is 1. The van der Waals surface area contributed by atoms with Crippen molar-refractivity contribution >= 4 is 0 Å². The largest absolute Gasteiger partial charge is 0.313 e. The first-order chi connectivity index (χ1) is 8.70. The Hall–Kier alpha value is -0.0800. The number of hydrogen-bond acceptors (Lipinski definition) is 2. The lowest BCUT2D eigenvalue weighted by Gasteiger charge is -2.38. The summed E-state index contributed by atoms with van der Waals surface area (Å²) in [5.74, 6) is 1.86. The van der Waals surface area contributed by atoms with Gasteiger partial charge < -0.3 is 5.32 Å². The van der Waals surface area contributed by atoms with E-state index in [1.54, 1.807) is 0 Å². The van der Waals surface area contributed by atoms with E-state index in [1.165, 1.54) is 58.2 Å². The fourth-order valence-corrected chi connectivity index (χ4v) is 3.42. The third-order valence-electron chi connectivity index (χ3n) is 4.66. The molecule has 1 saturated carbocycles. The molecule has 18 heavy (non-hydrogen) atoms. The van der Waals surface area contributed by atoms with Crippen LogP contribution in [0.4, 0.5) is 0 Å². The van der Waals surface area contributed by atoms with E-state index in [2.05, 4.69) is 31.0 Å². The molecule has 2 rings (SSSR count). The van der Waals surface area contributed by atoms with Gasteiger partial charge in [0.1, 0.15) is 0 Å². The summed E-state index contributed by atoms with van der Waals surface area (Å²) in [5.41, 5.74) is 0. The number of piperidine rings is 1. The summed E-state index contributed by atoms with van der Waals surface area (Å²) >= 11 is 0. The summed E-state index contributed by atoms with van der Waals surface area (Å²) in [5, 5.41) is 3.78. The van der Waals surface area contributed by atoms with Crippen LogP contribution in [0.3, 0.4) is 0 Å². The Morgan fingerprint density at radius 2 is 2.00 bits per heavy atom. The first-order valence-corrected chi connectivity index (χ1v) is 8.18. The van der Waals surface area contributed by atoms with Gasteiger partial charge in [0.05, 0.1) is 0 Å². The molecule has 0 spiro atoms. The molecule has 2 atom stereocenters. The quantitative estimate of drug-likeness (QED) is 0.748. The predicted molar refractivity (Wildman–Crippen MR) is 78.9 cm³/mol. The van der Waals surface area contributed by atoms with E-state index >= 15 is 0 Å². The molecule has 0 aromatic carbocycles. The van der Waals surface area contributed by atoms with Crippen LogP contribution in [0.5, 0.6) is 0 Å². The first-order valence-electron chi connectivity index (χ1n) is 8.18. The molecule has 0 radical (unpaired) electrons. The molecule has 1 heterocycles. The normalized spacial score (nSPS) is 27.7. The van der Waals surface area contributed by atoms with Gasteiger partial charge in [-0.25, -0.2) is 0 Å². The second kappa shape index (κ2) is 6.91.